The zero-order chi connectivity index (χ0) is 18.1. The number of aliphatic hydroxyl groups excluding tert-OH is 3. The van der Waals surface area contributed by atoms with Crippen LogP contribution in [0.15, 0.2) is 66.7 Å². The third-order valence-electron chi connectivity index (χ3n) is 5.17. The minimum Gasteiger partial charge on any atom is -0.393 e. The molecule has 0 amide bonds. The van der Waals surface area contributed by atoms with Gasteiger partial charge in [-0.1, -0.05) is 60.7 Å². The molecule has 0 bridgehead atoms. The lowest BCUT2D eigenvalue weighted by molar-refractivity contribution is 0.0683. The minimum atomic E-state index is -0.607. The highest BCUT2D eigenvalue weighted by Gasteiger charge is 2.24. The zero-order valence-electron chi connectivity index (χ0n) is 14.5. The predicted molar refractivity (Wildman–Crippen MR) is 103 cm³/mol. The number of rotatable bonds is 3. The molecule has 3 N–H and O–H groups in total. The summed E-state index contributed by atoms with van der Waals surface area (Å²) in [6.07, 6.45) is -0.0738. The van der Waals surface area contributed by atoms with E-state index >= 15 is 0 Å². The Balaban J connectivity index is 1.67. The maximum Gasteiger partial charge on any atom is 0.0817 e. The molecule has 1 aliphatic rings. The summed E-state index contributed by atoms with van der Waals surface area (Å²) in [6.45, 7) is 0.0203. The van der Waals surface area contributed by atoms with Crippen LogP contribution in [0.2, 0.25) is 0 Å². The van der Waals surface area contributed by atoms with Crippen LogP contribution >= 0.6 is 0 Å². The van der Waals surface area contributed by atoms with E-state index in [1.54, 1.807) is 0 Å². The first-order valence-electron chi connectivity index (χ1n) is 8.94. The van der Waals surface area contributed by atoms with Gasteiger partial charge in [0.15, 0.2) is 0 Å². The van der Waals surface area contributed by atoms with E-state index in [4.69, 9.17) is 0 Å². The van der Waals surface area contributed by atoms with Crippen LogP contribution in [0.25, 0.3) is 22.3 Å². The number of hydrogen-bond donors (Lipinski definition) is 3. The summed E-state index contributed by atoms with van der Waals surface area (Å²) < 4.78 is 0. The van der Waals surface area contributed by atoms with Crippen molar-refractivity contribution in [2.75, 3.05) is 0 Å². The second-order valence-electron chi connectivity index (χ2n) is 6.92. The Morgan fingerprint density at radius 1 is 0.808 bits per heavy atom. The first-order chi connectivity index (χ1) is 12.7. The molecule has 26 heavy (non-hydrogen) atoms. The van der Waals surface area contributed by atoms with Gasteiger partial charge in [0.2, 0.25) is 0 Å². The normalized spacial score (nSPS) is 19.2. The van der Waals surface area contributed by atoms with Crippen LogP contribution in [0.1, 0.15) is 29.2 Å². The summed E-state index contributed by atoms with van der Waals surface area (Å²) >= 11 is 0. The van der Waals surface area contributed by atoms with E-state index in [1.165, 1.54) is 0 Å². The van der Waals surface area contributed by atoms with Gasteiger partial charge in [-0.05, 0) is 51.4 Å². The van der Waals surface area contributed by atoms with Crippen LogP contribution in [0.5, 0.6) is 0 Å². The van der Waals surface area contributed by atoms with Crippen molar-refractivity contribution in [2.45, 2.75) is 31.7 Å². The van der Waals surface area contributed by atoms with Gasteiger partial charge in [0.25, 0.3) is 0 Å². The molecule has 4 rings (SSSR count). The molecule has 2 unspecified atom stereocenters. The van der Waals surface area contributed by atoms with Crippen LogP contribution in [0.3, 0.4) is 0 Å². The topological polar surface area (TPSA) is 60.7 Å². The molecule has 1 aliphatic carbocycles. The van der Waals surface area contributed by atoms with E-state index in [0.717, 1.165) is 38.9 Å². The van der Waals surface area contributed by atoms with E-state index in [9.17, 15) is 15.3 Å². The fourth-order valence-electron chi connectivity index (χ4n) is 3.77. The van der Waals surface area contributed by atoms with Crippen LogP contribution in [0, 0.1) is 0 Å². The first kappa shape index (κ1) is 17.0. The van der Waals surface area contributed by atoms with Gasteiger partial charge in [0, 0.05) is 6.42 Å². The molecule has 0 saturated heterocycles. The van der Waals surface area contributed by atoms with Crippen LogP contribution in [0.4, 0.5) is 0 Å². The van der Waals surface area contributed by atoms with Crippen molar-refractivity contribution < 1.29 is 15.3 Å². The highest BCUT2D eigenvalue weighted by molar-refractivity contribution is 5.72. The Kier molecular flexibility index (Phi) is 4.60. The van der Waals surface area contributed by atoms with Crippen molar-refractivity contribution in [3.8, 4) is 22.3 Å². The molecule has 132 valence electrons. The number of fused-ring (bicyclic) bond motifs is 1. The average molecular weight is 346 g/mol. The maximum absolute atomic E-state index is 10.3. The quantitative estimate of drug-likeness (QED) is 0.675. The largest absolute Gasteiger partial charge is 0.393 e. The summed E-state index contributed by atoms with van der Waals surface area (Å²) in [5, 5.41) is 29.6. The second kappa shape index (κ2) is 7.04. The van der Waals surface area contributed by atoms with Crippen molar-refractivity contribution in [3.05, 3.63) is 83.4 Å². The van der Waals surface area contributed by atoms with E-state index in [0.29, 0.717) is 12.8 Å². The van der Waals surface area contributed by atoms with Gasteiger partial charge in [0.1, 0.15) is 0 Å². The van der Waals surface area contributed by atoms with Crippen LogP contribution in [-0.2, 0) is 13.0 Å². The van der Waals surface area contributed by atoms with Gasteiger partial charge in [-0.15, -0.1) is 0 Å². The molecule has 3 heteroatoms. The Morgan fingerprint density at radius 3 is 2.27 bits per heavy atom. The molecule has 3 aromatic carbocycles. The minimum absolute atomic E-state index is 0.0203. The van der Waals surface area contributed by atoms with Crippen molar-refractivity contribution in [2.24, 2.45) is 0 Å². The highest BCUT2D eigenvalue weighted by Crippen LogP contribution is 2.34. The molecule has 0 spiro atoms. The van der Waals surface area contributed by atoms with E-state index < -0.39 is 12.2 Å². The summed E-state index contributed by atoms with van der Waals surface area (Å²) in [5.74, 6) is 0. The molecule has 0 saturated carbocycles. The lowest BCUT2D eigenvalue weighted by atomic mass is 9.85. The first-order valence-corrected chi connectivity index (χ1v) is 8.94. The van der Waals surface area contributed by atoms with Gasteiger partial charge in [-0.3, -0.25) is 0 Å². The van der Waals surface area contributed by atoms with Crippen molar-refractivity contribution in [3.63, 3.8) is 0 Å². The molecular formula is C23H22O3. The second-order valence-corrected chi connectivity index (χ2v) is 6.92. The molecule has 0 heterocycles. The molecule has 0 aliphatic heterocycles. The molecule has 3 nitrogen and oxygen atoms in total. The Hall–Kier alpha value is -2.46. The Morgan fingerprint density at radius 2 is 1.50 bits per heavy atom. The van der Waals surface area contributed by atoms with Gasteiger partial charge in [-0.25, -0.2) is 0 Å². The van der Waals surface area contributed by atoms with Gasteiger partial charge in [-0.2, -0.15) is 0 Å². The average Bonchev–Trinajstić information content (AvgIpc) is 2.68. The fraction of sp³-hybridized carbons (Fsp3) is 0.217. The molecule has 0 fully saturated rings. The molecule has 2 atom stereocenters. The Labute approximate surface area is 153 Å². The number of benzene rings is 3. The summed E-state index contributed by atoms with van der Waals surface area (Å²) in [7, 11) is 0. The highest BCUT2D eigenvalue weighted by atomic mass is 16.3. The lowest BCUT2D eigenvalue weighted by Crippen LogP contribution is -2.22. The molecular weight excluding hydrogens is 324 g/mol. The van der Waals surface area contributed by atoms with Crippen LogP contribution < -0.4 is 0 Å². The molecule has 0 radical (unpaired) electrons. The summed E-state index contributed by atoms with van der Waals surface area (Å²) in [4.78, 5) is 0. The number of hydrogen-bond acceptors (Lipinski definition) is 3. The monoisotopic (exact) mass is 346 g/mol. The Bertz CT molecular complexity index is 915. The van der Waals surface area contributed by atoms with Gasteiger partial charge < -0.3 is 15.3 Å². The molecule has 0 aromatic heterocycles. The van der Waals surface area contributed by atoms with E-state index in [-0.39, 0.29) is 6.61 Å². The van der Waals surface area contributed by atoms with E-state index in [2.05, 4.69) is 24.3 Å². The molecule has 3 aromatic rings. The zero-order valence-corrected chi connectivity index (χ0v) is 14.5. The SMILES string of the molecule is OCc1ccccc1-c1ccc(-c2ccc3c(c2)C(O)CC(O)C3)cc1. The van der Waals surface area contributed by atoms with Gasteiger partial charge >= 0.3 is 0 Å². The lowest BCUT2D eigenvalue weighted by Gasteiger charge is -2.26. The van der Waals surface area contributed by atoms with Crippen LogP contribution in [-0.4, -0.2) is 21.4 Å². The fourth-order valence-corrected chi connectivity index (χ4v) is 3.77. The maximum atomic E-state index is 10.3. The summed E-state index contributed by atoms with van der Waals surface area (Å²) in [5.41, 5.74) is 7.10. The van der Waals surface area contributed by atoms with Gasteiger partial charge in [0.05, 0.1) is 18.8 Å². The van der Waals surface area contributed by atoms with Crippen molar-refractivity contribution in [1.82, 2.24) is 0 Å². The smallest absolute Gasteiger partial charge is 0.0817 e. The van der Waals surface area contributed by atoms with Crippen molar-refractivity contribution in [1.29, 1.82) is 0 Å². The third-order valence-corrected chi connectivity index (χ3v) is 5.17. The number of aliphatic hydroxyl groups is 3. The standard InChI is InChI=1S/C23H22O3/c24-14-19-3-1-2-4-21(19)16-7-5-15(6-8-16)17-9-10-18-11-20(25)13-23(26)22(18)12-17/h1-10,12,20,23-26H,11,13-14H2. The van der Waals surface area contributed by atoms with Crippen molar-refractivity contribution >= 4 is 0 Å². The predicted octanol–water partition coefficient (Wildman–Crippen LogP) is 3.85. The van der Waals surface area contributed by atoms with E-state index in [1.807, 2.05) is 42.5 Å². The third kappa shape index (κ3) is 3.17. The summed E-state index contributed by atoms with van der Waals surface area (Å²) in [6, 6.07) is 22.2.